The van der Waals surface area contributed by atoms with E-state index in [1.807, 2.05) is 98.6 Å². The summed E-state index contributed by atoms with van der Waals surface area (Å²) in [5.74, 6) is 0. The number of aromatic nitrogens is 15. The monoisotopic (exact) mass is 2460 g/mol. The van der Waals surface area contributed by atoms with Crippen LogP contribution in [0.4, 0.5) is 5.69 Å². The van der Waals surface area contributed by atoms with Crippen molar-refractivity contribution in [2.75, 3.05) is 91.8 Å². The molecule has 0 aliphatic carbocycles. The van der Waals surface area contributed by atoms with E-state index >= 15 is 0 Å². The second-order valence-corrected chi connectivity index (χ2v) is 72.5. The van der Waals surface area contributed by atoms with Gasteiger partial charge < -0.3 is 96.2 Å². The Hall–Kier alpha value is -7.40. The lowest BCUT2D eigenvalue weighted by atomic mass is 10.1. The maximum absolute atomic E-state index is 12.0. The molecular weight excluding hydrogens is 2350 g/mol. The molecule has 11 aromatic heterocycles. The lowest BCUT2D eigenvalue weighted by Crippen LogP contribution is -2.35. The van der Waals surface area contributed by atoms with Gasteiger partial charge in [-0.2, -0.15) is 24.3 Å². The molecule has 2 aromatic carbocycles. The summed E-state index contributed by atoms with van der Waals surface area (Å²) in [5, 5.41) is 42.2. The Kier molecular flexibility index (Phi) is 35.9. The van der Waals surface area contributed by atoms with E-state index in [9.17, 15) is 24.6 Å². The SMILES string of the molecule is C[Si](C)(C)CCOCn1c(O[C@@H]2CO[C@H]3[C@@H]2OC[C@H]3O)nc2cc(Cl)c(-c3ccc(-c4ccc(Br)cc4)nc3)nc21.C[Si](C)(C)CCOCn1c(O[C@@H]2CO[C@H]3[C@@H]2OC[C@H]3O)nc2cc(Cl)c(-c3ccc(-c4ccc(N=S(C)(C)=O)cc4)nc3)nc21.C[Si](C)(C)CCOCn1c(O[C@@H]2CO[C@H]3[C@@H]2OC[C@H]3O)nc2cc(Cl)c(-c3ccc(Br)nc3)nc21.C[Si](C)(C)CCOCn1c(O[C@@H]2CO[C@H]3[C@@H]2OC[C@H]3O)nc2cc(Cl)c(I)nc21. The van der Waals surface area contributed by atoms with Gasteiger partial charge in [0.2, 0.25) is 0 Å². The molecule has 21 rings (SSSR count). The van der Waals surface area contributed by atoms with Crippen LogP contribution in [-0.2, 0) is 93.5 Å². The summed E-state index contributed by atoms with van der Waals surface area (Å²) < 4.78 is 121. The molecule has 8 fully saturated rings. The number of rotatable bonds is 34. The number of fused-ring (bicyclic) bond motifs is 8. The van der Waals surface area contributed by atoms with Crippen LogP contribution in [0.1, 0.15) is 0 Å². The van der Waals surface area contributed by atoms with Gasteiger partial charge in [0.1, 0.15) is 131 Å². The molecule has 0 amide bonds. The van der Waals surface area contributed by atoms with Gasteiger partial charge in [-0.25, -0.2) is 29.1 Å². The zero-order valence-electron chi connectivity index (χ0n) is 85.4. The minimum absolute atomic E-state index is 0.194. The van der Waals surface area contributed by atoms with Gasteiger partial charge in [0.05, 0.1) is 107 Å². The predicted molar refractivity (Wildman–Crippen MR) is 597 cm³/mol. The van der Waals surface area contributed by atoms with Gasteiger partial charge in [0.15, 0.2) is 47.0 Å². The quantitative estimate of drug-likeness (QED) is 0.0126. The average Bonchev–Trinajstić information content (AvgIpc) is 1.63. The summed E-state index contributed by atoms with van der Waals surface area (Å²) >= 11 is 35.2. The van der Waals surface area contributed by atoms with Crippen molar-refractivity contribution in [3.05, 3.63) is 161 Å². The van der Waals surface area contributed by atoms with E-state index in [0.717, 1.165) is 72.5 Å². The molecular formula is C101H123Br2Cl4IN16O21SSi4. The van der Waals surface area contributed by atoms with E-state index in [1.165, 1.54) is 0 Å². The van der Waals surface area contributed by atoms with Crippen LogP contribution in [0.25, 0.3) is 101 Å². The number of imidazole rings is 4. The number of halogens is 7. The van der Waals surface area contributed by atoms with Crippen molar-refractivity contribution >= 4 is 193 Å². The van der Waals surface area contributed by atoms with E-state index < -0.39 is 103 Å². The Labute approximate surface area is 923 Å². The third-order valence-corrected chi connectivity index (χ3v) is 36.8. The van der Waals surface area contributed by atoms with Gasteiger partial charge >= 0.3 is 24.0 Å². The first-order valence-corrected chi connectivity index (χ1v) is 70.9. The number of benzene rings is 2. The van der Waals surface area contributed by atoms with Crippen molar-refractivity contribution < 1.29 is 100 Å². The summed E-state index contributed by atoms with van der Waals surface area (Å²) in [6.07, 6.45) is 1.20. The highest BCUT2D eigenvalue weighted by atomic mass is 127. The second kappa shape index (κ2) is 48.0. The van der Waals surface area contributed by atoms with Crippen LogP contribution in [0.2, 0.25) is 123 Å². The normalized spacial score (nSPS) is 23.5. The van der Waals surface area contributed by atoms with Gasteiger partial charge in [0.25, 0.3) is 0 Å². The van der Waals surface area contributed by atoms with Gasteiger partial charge in [0, 0.05) is 132 Å². The zero-order chi connectivity index (χ0) is 106. The van der Waals surface area contributed by atoms with Crippen LogP contribution in [0.3, 0.4) is 0 Å². The maximum Gasteiger partial charge on any atom is 0.301 e. The number of ether oxygens (including phenoxy) is 16. The first-order chi connectivity index (χ1) is 71.4. The lowest BCUT2D eigenvalue weighted by molar-refractivity contribution is 0.00332. The molecule has 16 atom stereocenters. The van der Waals surface area contributed by atoms with Crippen LogP contribution in [-0.4, -0.2) is 319 Å². The fraction of sp³-hybridized carbons (Fsp3) is 0.495. The van der Waals surface area contributed by atoms with Crippen molar-refractivity contribution in [3.63, 3.8) is 0 Å². The summed E-state index contributed by atoms with van der Waals surface area (Å²) in [7, 11) is -7.23. The Balaban J connectivity index is 0.000000132. The number of aliphatic hydroxyl groups excluding tert-OH is 4. The molecule has 8 aliphatic heterocycles. The topological polar surface area (TPSA) is 420 Å². The van der Waals surface area contributed by atoms with Crippen molar-refractivity contribution in [2.45, 2.75) is 227 Å². The molecule has 150 heavy (non-hydrogen) atoms. The fourth-order valence-corrected chi connectivity index (χ4v) is 23.2. The number of hydrogen-bond acceptors (Lipinski definition) is 33. The number of aliphatic hydroxyl groups is 4. The lowest BCUT2D eigenvalue weighted by Gasteiger charge is -2.19. The summed E-state index contributed by atoms with van der Waals surface area (Å²) in [6.45, 7) is 33.3. The molecule has 37 nitrogen and oxygen atoms in total. The Bertz CT molecular complexity index is 7060. The molecule has 8 saturated heterocycles. The van der Waals surface area contributed by atoms with Crippen LogP contribution >= 0.6 is 101 Å². The smallest absolute Gasteiger partial charge is 0.301 e. The highest BCUT2D eigenvalue weighted by molar-refractivity contribution is 14.1. The maximum atomic E-state index is 12.0. The Morgan fingerprint density at radius 3 is 0.920 bits per heavy atom. The second-order valence-electron chi connectivity index (χ2n) is 43.1. The van der Waals surface area contributed by atoms with Crippen molar-refractivity contribution in [3.8, 4) is 80.3 Å². The van der Waals surface area contributed by atoms with E-state index in [4.69, 9.17) is 147 Å². The Morgan fingerprint density at radius 1 is 0.367 bits per heavy atom. The summed E-state index contributed by atoms with van der Waals surface area (Å²) in [5.41, 5.74) is 13.0. The molecule has 13 aromatic rings. The molecule has 804 valence electrons. The standard InChI is InChI=1S/C31H38ClN5O6SSi.C29H32BrClN4O5Si.C23H28BrClN4O5Si.C18H25ClIN3O5Si/c1-44(2,39)36-21-9-6-19(7-10-21)23-11-8-20(15-33-23)27-22(32)14-24-30(35-27)37(18-40-12-13-45(3,4)5)31(34-24)43-26-17-42-28-25(38)16-41-29(26)28;1-41(2,3)11-10-37-16-35-28-22(33-29(35)40-24-15-39-26-23(36)14-38-27(24)26)12-20(31)25(34-28)18-6-9-21(32-13-18)17-4-7-19(30)8-5-17;1-35(2,3)7-6-31-12-29-22-15(8-14(25)19(28-22)13-4-5-18(24)26-9-13)27-23(29)34-17-11-33-20-16(30)10-32-21(17)20;1-29(2,3)5-4-25-9-23-17-11(6-10(19)16(20)22-17)21-18(23)28-13-8-27-14-12(24)7-26-15(13)14/h6-11,14-15,25-26,28-29,38H,12-13,16-18H2,1-5H3;4-9,12-13,23-24,26-27,36H,10-11,14-16H2,1-3H3;4-5,8-9,16-17,20-21,30H,6-7,10-12H2,1-3H3;6,12-15,24H,4-5,7-9H2,1-3H3/t25-,26-,28-,29-;23-,24-,26-,27-;16-,17-,20-,21-;12-,13-,14-,15-/m1111/s1. The van der Waals surface area contributed by atoms with Crippen LogP contribution in [0.15, 0.2) is 141 Å². The van der Waals surface area contributed by atoms with E-state index in [-0.39, 0.29) is 96.6 Å². The third kappa shape index (κ3) is 27.5. The molecule has 0 unspecified atom stereocenters. The first-order valence-electron chi connectivity index (χ1n) is 49.6. The predicted octanol–water partition coefficient (Wildman–Crippen LogP) is 18.2. The highest BCUT2D eigenvalue weighted by Crippen LogP contribution is 2.42. The van der Waals surface area contributed by atoms with Crippen molar-refractivity contribution in [1.82, 2.24) is 73.1 Å². The van der Waals surface area contributed by atoms with Gasteiger partial charge in [-0.3, -0.25) is 28.2 Å². The number of nitrogens with zero attached hydrogens (tertiary/aromatic N) is 16. The molecule has 8 aliphatic rings. The molecule has 0 spiro atoms. The largest absolute Gasteiger partial charge is 0.456 e. The number of hydrogen-bond donors (Lipinski definition) is 4. The summed E-state index contributed by atoms with van der Waals surface area (Å²) in [4.78, 5) is 51.6. The first kappa shape index (κ1) is 112. The molecule has 0 saturated carbocycles. The van der Waals surface area contributed by atoms with Crippen molar-refractivity contribution in [1.29, 1.82) is 0 Å². The molecule has 4 N–H and O–H groups in total. The minimum atomic E-state index is -2.24. The molecule has 0 radical (unpaired) electrons. The molecule has 19 heterocycles. The van der Waals surface area contributed by atoms with Gasteiger partial charge in [-0.05, 0) is 148 Å². The van der Waals surface area contributed by atoms with Gasteiger partial charge in [-0.15, -0.1) is 0 Å². The Morgan fingerprint density at radius 2 is 0.640 bits per heavy atom. The molecule has 49 heteroatoms. The molecule has 0 bridgehead atoms. The fourth-order valence-electron chi connectivity index (χ4n) is 17.8. The zero-order valence-corrected chi connectivity index (χ0v) is 98.6. The van der Waals surface area contributed by atoms with Crippen LogP contribution < -0.4 is 18.9 Å². The van der Waals surface area contributed by atoms with Crippen LogP contribution in [0, 0.1) is 3.70 Å². The summed E-state index contributed by atoms with van der Waals surface area (Å²) in [6, 6.07) is 39.6. The minimum Gasteiger partial charge on any atom is -0.456 e. The van der Waals surface area contributed by atoms with E-state index in [0.29, 0.717) is 162 Å². The van der Waals surface area contributed by atoms with Crippen molar-refractivity contribution in [2.24, 2.45) is 4.36 Å². The third-order valence-electron chi connectivity index (χ3n) is 26.0. The average molecular weight is 2470 g/mol. The highest BCUT2D eigenvalue weighted by Gasteiger charge is 2.53. The van der Waals surface area contributed by atoms with E-state index in [1.54, 1.807) is 59.9 Å². The van der Waals surface area contributed by atoms with Crippen LogP contribution in [0.5, 0.6) is 24.0 Å². The van der Waals surface area contributed by atoms with E-state index in [2.05, 4.69) is 167 Å². The number of pyridine rings is 7. The van der Waals surface area contributed by atoms with Gasteiger partial charge in [-0.1, -0.05) is 165 Å².